The summed E-state index contributed by atoms with van der Waals surface area (Å²) in [7, 11) is 0. The Morgan fingerprint density at radius 2 is 2.46 bits per heavy atom. The third-order valence-corrected chi connectivity index (χ3v) is 2.76. The number of fused-ring (bicyclic) bond motifs is 1. The molecule has 1 aliphatic rings. The highest BCUT2D eigenvalue weighted by atomic mass is 15.2. The predicted octanol–water partition coefficient (Wildman–Crippen LogP) is 1.50. The van der Waals surface area contributed by atoms with Gasteiger partial charge >= 0.3 is 0 Å². The molecule has 0 aliphatic carbocycles. The Morgan fingerprint density at radius 1 is 1.62 bits per heavy atom. The minimum Gasteiger partial charge on any atom is -0.349 e. The average molecular weight is 174 g/mol. The van der Waals surface area contributed by atoms with Crippen LogP contribution in [0.4, 0.5) is 0 Å². The summed E-state index contributed by atoms with van der Waals surface area (Å²) >= 11 is 0. The molecule has 1 aliphatic heterocycles. The molecule has 2 heterocycles. The topological polar surface area (TPSA) is 8.17 Å². The minimum atomic E-state index is 0.458. The van der Waals surface area contributed by atoms with Gasteiger partial charge < -0.3 is 4.57 Å². The van der Waals surface area contributed by atoms with Gasteiger partial charge in [-0.2, -0.15) is 0 Å². The molecular weight excluding hydrogens is 160 g/mol. The van der Waals surface area contributed by atoms with Crippen LogP contribution in [0.1, 0.15) is 18.7 Å². The molecule has 13 heavy (non-hydrogen) atoms. The Labute approximate surface area is 79.2 Å². The molecule has 0 bridgehead atoms. The molecule has 2 nitrogen and oxygen atoms in total. The van der Waals surface area contributed by atoms with Crippen molar-refractivity contribution in [1.29, 1.82) is 0 Å². The summed E-state index contributed by atoms with van der Waals surface area (Å²) in [4.78, 5) is 2.33. The van der Waals surface area contributed by atoms with Crippen molar-refractivity contribution < 1.29 is 0 Å². The van der Waals surface area contributed by atoms with E-state index in [0.29, 0.717) is 6.04 Å². The molecule has 2 heteroatoms. The first kappa shape index (κ1) is 8.40. The normalized spacial score (nSPS) is 22.3. The fourth-order valence-electron chi connectivity index (χ4n) is 1.96. The van der Waals surface area contributed by atoms with Gasteiger partial charge in [-0.25, -0.2) is 0 Å². The van der Waals surface area contributed by atoms with Crippen LogP contribution in [0, 0.1) is 12.3 Å². The van der Waals surface area contributed by atoms with Crippen LogP contribution in [0.3, 0.4) is 0 Å². The Balaban J connectivity index is 2.23. The predicted molar refractivity (Wildman–Crippen MR) is 53.3 cm³/mol. The summed E-state index contributed by atoms with van der Waals surface area (Å²) in [5.41, 5.74) is 1.38. The zero-order chi connectivity index (χ0) is 9.26. The van der Waals surface area contributed by atoms with Crippen LogP contribution in [0.2, 0.25) is 0 Å². The van der Waals surface area contributed by atoms with E-state index >= 15 is 0 Å². The smallest absolute Gasteiger partial charge is 0.0605 e. The summed E-state index contributed by atoms with van der Waals surface area (Å²) in [6.07, 6.45) is 7.46. The number of rotatable bonds is 1. The molecule has 2 rings (SSSR count). The molecule has 1 aromatic heterocycles. The summed E-state index contributed by atoms with van der Waals surface area (Å²) in [5.74, 6) is 2.71. The van der Waals surface area contributed by atoms with Gasteiger partial charge in [-0.15, -0.1) is 6.42 Å². The van der Waals surface area contributed by atoms with Crippen LogP contribution in [-0.4, -0.2) is 22.6 Å². The molecule has 68 valence electrons. The number of hydrogen-bond donors (Lipinski definition) is 0. The van der Waals surface area contributed by atoms with Crippen LogP contribution in [0.5, 0.6) is 0 Å². The molecule has 1 atom stereocenters. The van der Waals surface area contributed by atoms with E-state index in [-0.39, 0.29) is 0 Å². The zero-order valence-corrected chi connectivity index (χ0v) is 7.90. The average Bonchev–Trinajstić information content (AvgIpc) is 2.58. The number of hydrogen-bond acceptors (Lipinski definition) is 1. The van der Waals surface area contributed by atoms with Crippen molar-refractivity contribution in [3.8, 4) is 12.3 Å². The van der Waals surface area contributed by atoms with Crippen molar-refractivity contribution in [2.24, 2.45) is 0 Å². The lowest BCUT2D eigenvalue weighted by Gasteiger charge is -2.33. The van der Waals surface area contributed by atoms with Crippen LogP contribution < -0.4 is 0 Å². The van der Waals surface area contributed by atoms with Crippen LogP contribution in [0.15, 0.2) is 18.3 Å². The first-order valence-electron chi connectivity index (χ1n) is 4.65. The molecule has 0 aromatic carbocycles. The fourth-order valence-corrected chi connectivity index (χ4v) is 1.96. The second-order valence-corrected chi connectivity index (χ2v) is 3.48. The quantitative estimate of drug-likeness (QED) is 0.586. The number of terminal acetylenes is 1. The molecule has 0 amide bonds. The van der Waals surface area contributed by atoms with Crippen molar-refractivity contribution in [1.82, 2.24) is 9.47 Å². The molecule has 0 saturated heterocycles. The molecule has 0 saturated carbocycles. The summed E-state index contributed by atoms with van der Waals surface area (Å²) < 4.78 is 2.30. The maximum atomic E-state index is 5.32. The Morgan fingerprint density at radius 3 is 3.23 bits per heavy atom. The fraction of sp³-hybridized carbons (Fsp3) is 0.455. The van der Waals surface area contributed by atoms with Crippen LogP contribution in [0.25, 0.3) is 0 Å². The van der Waals surface area contributed by atoms with Gasteiger partial charge in [0.2, 0.25) is 0 Å². The van der Waals surface area contributed by atoms with Crippen LogP contribution in [-0.2, 0) is 6.54 Å². The lowest BCUT2D eigenvalue weighted by atomic mass is 10.1. The highest BCUT2D eigenvalue weighted by Crippen LogP contribution is 2.24. The van der Waals surface area contributed by atoms with E-state index in [1.807, 2.05) is 0 Å². The molecule has 0 N–H and O–H groups in total. The third-order valence-electron chi connectivity index (χ3n) is 2.76. The van der Waals surface area contributed by atoms with E-state index in [1.165, 1.54) is 5.69 Å². The van der Waals surface area contributed by atoms with E-state index in [1.54, 1.807) is 0 Å². The molecule has 0 radical (unpaired) electrons. The van der Waals surface area contributed by atoms with Crippen molar-refractivity contribution in [2.45, 2.75) is 19.5 Å². The highest BCUT2D eigenvalue weighted by Gasteiger charge is 2.21. The maximum Gasteiger partial charge on any atom is 0.0605 e. The Kier molecular flexibility index (Phi) is 2.12. The minimum absolute atomic E-state index is 0.458. The standard InChI is InChI=1S/C11H14N2/c1-3-6-12-8-9-13-7-4-5-11(13)10(12)2/h1,4-5,7,10H,6,8-9H2,2H3. The maximum absolute atomic E-state index is 5.32. The van der Waals surface area contributed by atoms with Gasteiger partial charge in [0.25, 0.3) is 0 Å². The van der Waals surface area contributed by atoms with Gasteiger partial charge in [0.15, 0.2) is 0 Å². The van der Waals surface area contributed by atoms with Gasteiger partial charge in [0, 0.05) is 31.0 Å². The van der Waals surface area contributed by atoms with Gasteiger partial charge in [0.05, 0.1) is 6.54 Å². The van der Waals surface area contributed by atoms with Gasteiger partial charge in [-0.1, -0.05) is 5.92 Å². The second-order valence-electron chi connectivity index (χ2n) is 3.48. The number of aromatic nitrogens is 1. The highest BCUT2D eigenvalue weighted by molar-refractivity contribution is 5.14. The zero-order valence-electron chi connectivity index (χ0n) is 7.90. The van der Waals surface area contributed by atoms with E-state index in [4.69, 9.17) is 6.42 Å². The summed E-state index contributed by atoms with van der Waals surface area (Å²) in [6.45, 7) is 5.09. The van der Waals surface area contributed by atoms with Gasteiger partial charge in [0.1, 0.15) is 0 Å². The van der Waals surface area contributed by atoms with Crippen molar-refractivity contribution in [2.75, 3.05) is 13.1 Å². The van der Waals surface area contributed by atoms with E-state index in [2.05, 4.69) is 40.6 Å². The largest absolute Gasteiger partial charge is 0.349 e. The van der Waals surface area contributed by atoms with Crippen LogP contribution >= 0.6 is 0 Å². The molecule has 1 aromatic rings. The first-order valence-corrected chi connectivity index (χ1v) is 4.65. The van der Waals surface area contributed by atoms with Gasteiger partial charge in [-0.3, -0.25) is 4.90 Å². The molecule has 0 spiro atoms. The van der Waals surface area contributed by atoms with E-state index in [0.717, 1.165) is 19.6 Å². The first-order chi connectivity index (χ1) is 6.33. The Bertz CT molecular complexity index is 332. The van der Waals surface area contributed by atoms with Gasteiger partial charge in [-0.05, 0) is 19.1 Å². The molecular formula is C11H14N2. The van der Waals surface area contributed by atoms with E-state index in [9.17, 15) is 0 Å². The second kappa shape index (κ2) is 3.27. The van der Waals surface area contributed by atoms with E-state index < -0.39 is 0 Å². The third kappa shape index (κ3) is 1.36. The SMILES string of the molecule is C#CCN1CCn2cccc2C1C. The number of nitrogens with zero attached hydrogens (tertiary/aromatic N) is 2. The summed E-state index contributed by atoms with van der Waals surface area (Å²) in [6, 6.07) is 4.73. The molecule has 0 fully saturated rings. The van der Waals surface area contributed by atoms with Crippen molar-refractivity contribution in [3.63, 3.8) is 0 Å². The van der Waals surface area contributed by atoms with Crippen molar-refractivity contribution in [3.05, 3.63) is 24.0 Å². The summed E-state index contributed by atoms with van der Waals surface area (Å²) in [5, 5.41) is 0. The lowest BCUT2D eigenvalue weighted by Crippen LogP contribution is -2.36. The Hall–Kier alpha value is -1.20. The monoisotopic (exact) mass is 174 g/mol. The molecule has 1 unspecified atom stereocenters. The van der Waals surface area contributed by atoms with Crippen molar-refractivity contribution >= 4 is 0 Å². The lowest BCUT2D eigenvalue weighted by molar-refractivity contribution is 0.191.